The van der Waals surface area contributed by atoms with Crippen LogP contribution in [0.4, 0.5) is 0 Å². The second kappa shape index (κ2) is 25.3. The lowest BCUT2D eigenvalue weighted by Gasteiger charge is -1.96. The summed E-state index contributed by atoms with van der Waals surface area (Å²) in [6.45, 7) is 12.6. The van der Waals surface area contributed by atoms with E-state index in [1.165, 1.54) is 0 Å². The summed E-state index contributed by atoms with van der Waals surface area (Å²) in [4.78, 5) is 20.5. The molecule has 0 saturated carbocycles. The van der Waals surface area contributed by atoms with Crippen LogP contribution in [0, 0.1) is 0 Å². The van der Waals surface area contributed by atoms with Crippen LogP contribution in [0.25, 0.3) is 0 Å². The Labute approximate surface area is 120 Å². The molecule has 0 amide bonds. The summed E-state index contributed by atoms with van der Waals surface area (Å²) in [5.74, 6) is -0.671. The Morgan fingerprint density at radius 1 is 1.00 bits per heavy atom. The van der Waals surface area contributed by atoms with Crippen molar-refractivity contribution < 1.29 is 19.1 Å². The first-order chi connectivity index (χ1) is 6.99. The Hall–Kier alpha value is -1.58. The third-order valence-corrected chi connectivity index (χ3v) is 1.08. The molecule has 0 fully saturated rings. The maximum atomic E-state index is 10.4. The summed E-state index contributed by atoms with van der Waals surface area (Å²) in [5, 5.41) is 0. The number of ether oxygens (including phenoxy) is 2. The lowest BCUT2D eigenvalue weighted by molar-refractivity contribution is -0.138. The molecule has 0 aromatic carbocycles. The average Bonchev–Trinajstić information content (AvgIpc) is 2.19. The first-order valence-corrected chi connectivity index (χ1v) is 4.61. The summed E-state index contributed by atoms with van der Waals surface area (Å²) in [7, 11) is 0. The van der Waals surface area contributed by atoms with Crippen molar-refractivity contribution in [2.75, 3.05) is 13.2 Å². The van der Waals surface area contributed by atoms with Crippen LogP contribution in [0.1, 0.15) is 50.5 Å². The van der Waals surface area contributed by atoms with Crippen molar-refractivity contribution in [3.63, 3.8) is 0 Å². The van der Waals surface area contributed by atoms with Gasteiger partial charge in [-0.1, -0.05) is 42.9 Å². The van der Waals surface area contributed by atoms with Gasteiger partial charge in [0.2, 0.25) is 0 Å². The molecule has 4 nitrogen and oxygen atoms in total. The highest BCUT2D eigenvalue weighted by atomic mass is 16.5. The molecule has 0 N–H and O–H groups in total. The molecule has 0 bridgehead atoms. The molecule has 0 atom stereocenters. The molecule has 0 aliphatic carbocycles. The van der Waals surface area contributed by atoms with Crippen molar-refractivity contribution in [3.05, 3.63) is 24.8 Å². The number of carbonyl (C=O) groups excluding carboxylic acids is 2. The summed E-state index contributed by atoms with van der Waals surface area (Å²) < 4.78 is 9.00. The first kappa shape index (κ1) is 36.0. The van der Waals surface area contributed by atoms with Gasteiger partial charge in [-0.15, -0.1) is 0 Å². The molecule has 0 spiro atoms. The molecule has 0 saturated heterocycles. The van der Waals surface area contributed by atoms with Gasteiger partial charge in [-0.2, -0.15) is 0 Å². The van der Waals surface area contributed by atoms with E-state index < -0.39 is 0 Å². The molecule has 0 heterocycles. The van der Waals surface area contributed by atoms with Crippen LogP contribution in [0.15, 0.2) is 24.8 Å². The monoisotopic (exact) mass is 278 g/mol. The Morgan fingerprint density at radius 3 is 1.47 bits per heavy atom. The maximum absolute atomic E-state index is 10.4. The largest absolute Gasteiger partial charge is 0.463 e. The van der Waals surface area contributed by atoms with Gasteiger partial charge in [-0.05, 0) is 20.8 Å². The van der Waals surface area contributed by atoms with Crippen molar-refractivity contribution >= 4 is 11.9 Å². The highest BCUT2D eigenvalue weighted by Crippen LogP contribution is 1.89. The molecule has 0 aromatic heterocycles. The van der Waals surface area contributed by atoms with Crippen molar-refractivity contribution in [3.8, 4) is 0 Å². The zero-order valence-corrected chi connectivity index (χ0v) is 9.54. The van der Waals surface area contributed by atoms with E-state index in [1.807, 2.05) is 0 Å². The number of hydrogen-bond acceptors (Lipinski definition) is 4. The lowest BCUT2D eigenvalue weighted by atomic mass is 10.4. The highest BCUT2D eigenvalue weighted by molar-refractivity contribution is 5.86. The molecule has 0 aliphatic heterocycles. The van der Waals surface area contributed by atoms with Crippen LogP contribution in [-0.2, 0) is 19.1 Å². The van der Waals surface area contributed by atoms with Crippen LogP contribution in [0.5, 0.6) is 0 Å². The van der Waals surface area contributed by atoms with E-state index in [0.717, 1.165) is 6.08 Å². The summed E-state index contributed by atoms with van der Waals surface area (Å²) in [5.41, 5.74) is 0.451. The fourth-order valence-corrected chi connectivity index (χ4v) is 0.455. The van der Waals surface area contributed by atoms with Crippen LogP contribution >= 0.6 is 0 Å². The standard InChI is InChI=1S/C6H10O2.C5H8O2.4CH4/c1-4-8-6(7)5(2)3;1-3-5(6)7-4-2;;;;/h2,4H2,1,3H3;3H,1,4H2,2H3;4*1H4. The molecule has 118 valence electrons. The summed E-state index contributed by atoms with van der Waals surface area (Å²) in [6, 6.07) is 0. The molecule has 4 heteroatoms. The van der Waals surface area contributed by atoms with Crippen LogP contribution in [0.2, 0.25) is 0 Å². The minimum atomic E-state index is -0.359. The van der Waals surface area contributed by atoms with Gasteiger partial charge in [0.05, 0.1) is 13.2 Å². The molecular formula is C15H34O4. The van der Waals surface area contributed by atoms with E-state index in [0.29, 0.717) is 18.8 Å². The SMILES string of the molecule is C.C.C.C.C=C(C)C(=O)OCC.C=CC(=O)OCC. The van der Waals surface area contributed by atoms with Crippen LogP contribution < -0.4 is 0 Å². The minimum absolute atomic E-state index is 0. The molecular weight excluding hydrogens is 244 g/mol. The Kier molecular flexibility index (Phi) is 48.0. The predicted molar refractivity (Wildman–Crippen MR) is 85.2 cm³/mol. The molecule has 0 rings (SSSR count). The van der Waals surface area contributed by atoms with Crippen molar-refractivity contribution in [2.45, 2.75) is 50.5 Å². The van der Waals surface area contributed by atoms with Crippen molar-refractivity contribution in [1.82, 2.24) is 0 Å². The number of esters is 2. The van der Waals surface area contributed by atoms with Crippen molar-refractivity contribution in [1.29, 1.82) is 0 Å². The van der Waals surface area contributed by atoms with Gasteiger partial charge in [-0.3, -0.25) is 0 Å². The molecule has 0 radical (unpaired) electrons. The Bertz CT molecular complexity index is 232. The van der Waals surface area contributed by atoms with Gasteiger partial charge in [0.1, 0.15) is 0 Å². The smallest absolute Gasteiger partial charge is 0.333 e. The third kappa shape index (κ3) is 31.4. The summed E-state index contributed by atoms with van der Waals surface area (Å²) >= 11 is 0. The zero-order chi connectivity index (χ0) is 12.3. The van der Waals surface area contributed by atoms with Gasteiger partial charge in [0, 0.05) is 11.6 Å². The third-order valence-electron chi connectivity index (χ3n) is 1.08. The zero-order valence-electron chi connectivity index (χ0n) is 9.54. The fraction of sp³-hybridized carbons (Fsp3) is 0.600. The minimum Gasteiger partial charge on any atom is -0.463 e. The topological polar surface area (TPSA) is 52.6 Å². The van der Waals surface area contributed by atoms with E-state index in [4.69, 9.17) is 0 Å². The molecule has 0 unspecified atom stereocenters. The molecule has 0 aliphatic rings. The average molecular weight is 278 g/mol. The summed E-state index contributed by atoms with van der Waals surface area (Å²) in [6.07, 6.45) is 1.14. The Morgan fingerprint density at radius 2 is 1.37 bits per heavy atom. The van der Waals surface area contributed by atoms with Gasteiger partial charge in [-0.25, -0.2) is 9.59 Å². The highest BCUT2D eigenvalue weighted by Gasteiger charge is 1.98. The van der Waals surface area contributed by atoms with Crippen molar-refractivity contribution in [2.24, 2.45) is 0 Å². The quantitative estimate of drug-likeness (QED) is 0.564. The van der Waals surface area contributed by atoms with Gasteiger partial charge < -0.3 is 9.47 Å². The van der Waals surface area contributed by atoms with E-state index in [-0.39, 0.29) is 41.6 Å². The van der Waals surface area contributed by atoms with Gasteiger partial charge in [0.25, 0.3) is 0 Å². The van der Waals surface area contributed by atoms with E-state index in [9.17, 15) is 9.59 Å². The normalized spacial score (nSPS) is 6.26. The van der Waals surface area contributed by atoms with Crippen LogP contribution in [-0.4, -0.2) is 25.2 Å². The first-order valence-electron chi connectivity index (χ1n) is 4.61. The van der Waals surface area contributed by atoms with E-state index >= 15 is 0 Å². The second-order valence-electron chi connectivity index (χ2n) is 2.46. The fourth-order valence-electron chi connectivity index (χ4n) is 0.455. The molecule has 19 heavy (non-hydrogen) atoms. The molecule has 0 aromatic rings. The van der Waals surface area contributed by atoms with Gasteiger partial charge >= 0.3 is 11.9 Å². The van der Waals surface area contributed by atoms with E-state index in [2.05, 4.69) is 22.6 Å². The Balaban J connectivity index is -0.0000000369. The second-order valence-corrected chi connectivity index (χ2v) is 2.46. The van der Waals surface area contributed by atoms with Crippen LogP contribution in [0.3, 0.4) is 0 Å². The predicted octanol–water partition coefficient (Wildman–Crippen LogP) is 4.41. The lowest BCUT2D eigenvalue weighted by Crippen LogP contribution is -2.03. The van der Waals surface area contributed by atoms with E-state index in [1.54, 1.807) is 20.8 Å². The maximum Gasteiger partial charge on any atom is 0.333 e. The number of carbonyl (C=O) groups is 2. The number of rotatable bonds is 4. The number of hydrogen-bond donors (Lipinski definition) is 0. The van der Waals surface area contributed by atoms with Gasteiger partial charge in [0.15, 0.2) is 0 Å².